The van der Waals surface area contributed by atoms with Crippen LogP contribution in [0.3, 0.4) is 0 Å². The number of hydrogen-bond donors (Lipinski definition) is 2. The van der Waals surface area contributed by atoms with Crippen molar-refractivity contribution in [2.45, 2.75) is 26.4 Å². The Labute approximate surface area is 180 Å². The molecule has 2 heterocycles. The Bertz CT molecular complexity index is 1060. The van der Waals surface area contributed by atoms with Gasteiger partial charge in [0.2, 0.25) is 5.88 Å². The molecule has 7 nitrogen and oxygen atoms in total. The number of benzene rings is 2. The second-order valence-corrected chi connectivity index (χ2v) is 7.63. The zero-order valence-corrected chi connectivity index (χ0v) is 17.2. The molecule has 158 valence electrons. The molecule has 31 heavy (non-hydrogen) atoms. The quantitative estimate of drug-likeness (QED) is 0.427. The van der Waals surface area contributed by atoms with Gasteiger partial charge < -0.3 is 19.5 Å². The Kier molecular flexibility index (Phi) is 6.41. The van der Waals surface area contributed by atoms with E-state index in [1.807, 2.05) is 43.3 Å². The van der Waals surface area contributed by atoms with Crippen LogP contribution < -0.4 is 10.2 Å². The molecular formula is C23H23BN2O5. The largest absolute Gasteiger partial charge is 0.492 e. The predicted molar refractivity (Wildman–Crippen MR) is 115 cm³/mol. The van der Waals surface area contributed by atoms with Crippen LogP contribution in [0.15, 0.2) is 54.9 Å². The fraction of sp³-hybridized carbons (Fsp3) is 0.261. The smallest absolute Gasteiger partial charge is 0.437 e. The van der Waals surface area contributed by atoms with Crippen LogP contribution in [0.1, 0.15) is 33.6 Å². The lowest BCUT2D eigenvalue weighted by Gasteiger charge is -2.13. The van der Waals surface area contributed by atoms with E-state index < -0.39 is 7.12 Å². The average molecular weight is 418 g/mol. The number of ether oxygens (including phenoxy) is 1. The summed E-state index contributed by atoms with van der Waals surface area (Å²) in [5.74, 6) is 0.425. The molecule has 0 spiro atoms. The number of nitrogens with zero attached hydrogens (tertiary/aromatic N) is 2. The minimum absolute atomic E-state index is 0.0809. The molecule has 2 aromatic carbocycles. The summed E-state index contributed by atoms with van der Waals surface area (Å²) >= 11 is 0. The van der Waals surface area contributed by atoms with Gasteiger partial charge in [0, 0.05) is 13.0 Å². The van der Waals surface area contributed by atoms with E-state index in [1.165, 1.54) is 12.4 Å². The summed E-state index contributed by atoms with van der Waals surface area (Å²) < 4.78 is 11.1. The number of aromatic nitrogens is 2. The SMILES string of the molecule is Cc1c(Oc2cnc(C(=O)CC(CO)Cc3ccccc3)cn2)ccc2c1B(O)OC2. The predicted octanol–water partition coefficient (Wildman–Crippen LogP) is 2.22. The van der Waals surface area contributed by atoms with E-state index in [2.05, 4.69) is 9.97 Å². The molecule has 2 N–H and O–H groups in total. The number of fused-ring (bicyclic) bond motifs is 1. The minimum Gasteiger partial charge on any atom is -0.437 e. The van der Waals surface area contributed by atoms with E-state index in [0.29, 0.717) is 24.2 Å². The average Bonchev–Trinajstić information content (AvgIpc) is 3.17. The number of Topliss-reactive ketones (excluding diaryl/α,β-unsaturated/α-hetero) is 1. The molecular weight excluding hydrogens is 395 g/mol. The Morgan fingerprint density at radius 1 is 1.19 bits per heavy atom. The van der Waals surface area contributed by atoms with Gasteiger partial charge in [0.1, 0.15) is 11.4 Å². The second kappa shape index (κ2) is 9.39. The van der Waals surface area contributed by atoms with Crippen molar-refractivity contribution in [1.29, 1.82) is 0 Å². The fourth-order valence-electron chi connectivity index (χ4n) is 3.74. The molecule has 1 aromatic heterocycles. The number of rotatable bonds is 8. The monoisotopic (exact) mass is 418 g/mol. The molecule has 0 bridgehead atoms. The molecule has 3 aromatic rings. The van der Waals surface area contributed by atoms with Crippen molar-refractivity contribution in [2.24, 2.45) is 5.92 Å². The Hall–Kier alpha value is -3.07. The zero-order chi connectivity index (χ0) is 21.8. The number of aliphatic hydroxyl groups is 1. The molecule has 0 fully saturated rings. The van der Waals surface area contributed by atoms with Crippen LogP contribution in [0, 0.1) is 12.8 Å². The van der Waals surface area contributed by atoms with Gasteiger partial charge in [0.05, 0.1) is 19.0 Å². The number of hydrogen-bond acceptors (Lipinski definition) is 7. The number of aliphatic hydroxyl groups excluding tert-OH is 1. The molecule has 0 radical (unpaired) electrons. The molecule has 0 saturated heterocycles. The van der Waals surface area contributed by atoms with Crippen molar-refractivity contribution in [3.8, 4) is 11.6 Å². The first-order valence-electron chi connectivity index (χ1n) is 10.1. The maximum Gasteiger partial charge on any atom is 0.492 e. The van der Waals surface area contributed by atoms with E-state index in [4.69, 9.17) is 9.39 Å². The van der Waals surface area contributed by atoms with Gasteiger partial charge in [-0.25, -0.2) is 9.97 Å². The van der Waals surface area contributed by atoms with Crippen LogP contribution in [-0.2, 0) is 17.7 Å². The highest BCUT2D eigenvalue weighted by Gasteiger charge is 2.30. The molecule has 1 atom stereocenters. The fourth-order valence-corrected chi connectivity index (χ4v) is 3.74. The highest BCUT2D eigenvalue weighted by molar-refractivity contribution is 6.62. The normalized spacial score (nSPS) is 13.7. The maximum atomic E-state index is 12.6. The number of carbonyl (C=O) groups is 1. The van der Waals surface area contributed by atoms with Crippen molar-refractivity contribution in [3.05, 3.63) is 77.2 Å². The summed E-state index contributed by atoms with van der Waals surface area (Å²) in [4.78, 5) is 21.0. The van der Waals surface area contributed by atoms with E-state index in [-0.39, 0.29) is 36.3 Å². The third kappa shape index (κ3) is 4.82. The van der Waals surface area contributed by atoms with Crippen LogP contribution in [-0.4, -0.2) is 39.6 Å². The maximum absolute atomic E-state index is 12.6. The standard InChI is InChI=1S/C23H23BN2O5/c1-15-21(8-7-18-14-30-24(29)23(15)18)31-22-12-25-19(11-26-22)20(28)10-17(13-27)9-16-5-3-2-4-6-16/h2-8,11-12,17,27,29H,9-10,13-14H2,1H3. The van der Waals surface area contributed by atoms with Gasteiger partial charge in [0.15, 0.2) is 5.78 Å². The third-order valence-electron chi connectivity index (χ3n) is 5.43. The third-order valence-corrected chi connectivity index (χ3v) is 5.43. The van der Waals surface area contributed by atoms with Crippen molar-refractivity contribution >= 4 is 18.4 Å². The van der Waals surface area contributed by atoms with Gasteiger partial charge in [-0.3, -0.25) is 4.79 Å². The van der Waals surface area contributed by atoms with Crippen molar-refractivity contribution in [1.82, 2.24) is 9.97 Å². The summed E-state index contributed by atoms with van der Waals surface area (Å²) in [7, 11) is -0.958. The van der Waals surface area contributed by atoms with Crippen LogP contribution in [0.25, 0.3) is 0 Å². The molecule has 0 aliphatic carbocycles. The molecule has 0 amide bonds. The zero-order valence-electron chi connectivity index (χ0n) is 17.2. The number of carbonyl (C=O) groups excluding carboxylic acids is 1. The molecule has 1 aliphatic rings. The van der Waals surface area contributed by atoms with Crippen LogP contribution in [0.4, 0.5) is 0 Å². The van der Waals surface area contributed by atoms with Gasteiger partial charge in [-0.15, -0.1) is 0 Å². The van der Waals surface area contributed by atoms with Gasteiger partial charge in [-0.05, 0) is 47.5 Å². The summed E-state index contributed by atoms with van der Waals surface area (Å²) in [6.45, 7) is 2.13. The van der Waals surface area contributed by atoms with Crippen molar-refractivity contribution in [3.63, 3.8) is 0 Å². The molecule has 4 rings (SSSR count). The first kappa shape index (κ1) is 21.2. The van der Waals surface area contributed by atoms with E-state index in [0.717, 1.165) is 16.7 Å². The Balaban J connectivity index is 1.41. The highest BCUT2D eigenvalue weighted by atomic mass is 16.5. The lowest BCUT2D eigenvalue weighted by molar-refractivity contribution is 0.0930. The van der Waals surface area contributed by atoms with Crippen LogP contribution >= 0.6 is 0 Å². The van der Waals surface area contributed by atoms with Crippen LogP contribution in [0.2, 0.25) is 0 Å². The van der Waals surface area contributed by atoms with Crippen molar-refractivity contribution < 1.29 is 24.3 Å². The summed E-state index contributed by atoms with van der Waals surface area (Å²) in [5, 5.41) is 19.6. The summed E-state index contributed by atoms with van der Waals surface area (Å²) in [5.41, 5.74) is 3.72. The highest BCUT2D eigenvalue weighted by Crippen LogP contribution is 2.26. The lowest BCUT2D eigenvalue weighted by Crippen LogP contribution is -2.30. The summed E-state index contributed by atoms with van der Waals surface area (Å²) in [6.07, 6.45) is 3.58. The molecule has 0 saturated carbocycles. The minimum atomic E-state index is -0.958. The first-order chi connectivity index (χ1) is 15.0. The molecule has 8 heteroatoms. The van der Waals surface area contributed by atoms with E-state index in [9.17, 15) is 14.9 Å². The lowest BCUT2D eigenvalue weighted by atomic mass is 9.76. The van der Waals surface area contributed by atoms with Gasteiger partial charge >= 0.3 is 7.12 Å². The van der Waals surface area contributed by atoms with Gasteiger partial charge in [-0.2, -0.15) is 0 Å². The van der Waals surface area contributed by atoms with Crippen molar-refractivity contribution in [2.75, 3.05) is 6.61 Å². The molecule has 1 unspecified atom stereocenters. The topological polar surface area (TPSA) is 102 Å². The van der Waals surface area contributed by atoms with Gasteiger partial charge in [0.25, 0.3) is 0 Å². The second-order valence-electron chi connectivity index (χ2n) is 7.63. The Morgan fingerprint density at radius 2 is 2.00 bits per heavy atom. The summed E-state index contributed by atoms with van der Waals surface area (Å²) in [6, 6.07) is 13.4. The Morgan fingerprint density at radius 3 is 2.71 bits per heavy atom. The first-order valence-corrected chi connectivity index (χ1v) is 10.1. The van der Waals surface area contributed by atoms with Crippen LogP contribution in [0.5, 0.6) is 11.6 Å². The van der Waals surface area contributed by atoms with Gasteiger partial charge in [-0.1, -0.05) is 36.4 Å². The number of ketones is 1. The molecule has 1 aliphatic heterocycles. The van der Waals surface area contributed by atoms with E-state index >= 15 is 0 Å². The van der Waals surface area contributed by atoms with E-state index in [1.54, 1.807) is 6.07 Å².